The summed E-state index contributed by atoms with van der Waals surface area (Å²) in [5.74, 6) is -1.07. The van der Waals surface area contributed by atoms with Gasteiger partial charge in [0.1, 0.15) is 0 Å². The van der Waals surface area contributed by atoms with Crippen LogP contribution in [0.5, 0.6) is 0 Å². The van der Waals surface area contributed by atoms with Crippen LogP contribution in [0.2, 0.25) is 10.0 Å². The van der Waals surface area contributed by atoms with Gasteiger partial charge in [-0.1, -0.05) is 36.2 Å². The van der Waals surface area contributed by atoms with Crippen molar-refractivity contribution in [2.75, 3.05) is 6.61 Å². The quantitative estimate of drug-likeness (QED) is 0.846. The van der Waals surface area contributed by atoms with Gasteiger partial charge >= 0.3 is 5.97 Å². The molecule has 0 aliphatic rings. The summed E-state index contributed by atoms with van der Waals surface area (Å²) in [5, 5.41) is 0.361. The molecule has 1 aromatic carbocycles. The largest absolute Gasteiger partial charge is 0.454 e. The average molecular weight is 290 g/mol. The van der Waals surface area contributed by atoms with Crippen LogP contribution in [0, 0.1) is 0 Å². The number of esters is 1. The molecule has 0 heterocycles. The Morgan fingerprint density at radius 1 is 1.33 bits per heavy atom. The Hall–Kier alpha value is -1.10. The van der Waals surface area contributed by atoms with E-state index in [0.717, 1.165) is 0 Å². The van der Waals surface area contributed by atoms with Gasteiger partial charge in [0.2, 0.25) is 0 Å². The van der Waals surface area contributed by atoms with Crippen molar-refractivity contribution in [1.29, 1.82) is 0 Å². The Bertz CT molecular complexity index is 442. The monoisotopic (exact) mass is 289 g/mol. The lowest BCUT2D eigenvalue weighted by molar-refractivity contribution is -0.123. The zero-order chi connectivity index (χ0) is 13.7. The Balaban J connectivity index is 2.70. The summed E-state index contributed by atoms with van der Waals surface area (Å²) < 4.78 is 4.84. The van der Waals surface area contributed by atoms with Crippen LogP contribution in [0.1, 0.15) is 23.7 Å². The Labute approximate surface area is 115 Å². The van der Waals surface area contributed by atoms with Gasteiger partial charge in [-0.2, -0.15) is 0 Å². The fraction of sp³-hybridized carbons (Fsp3) is 0.333. The van der Waals surface area contributed by atoms with Gasteiger partial charge < -0.3 is 10.5 Å². The molecular weight excluding hydrogens is 277 g/mol. The number of ether oxygens (including phenoxy) is 1. The molecule has 0 aliphatic heterocycles. The fourth-order valence-corrected chi connectivity index (χ4v) is 1.79. The molecule has 0 saturated heterocycles. The van der Waals surface area contributed by atoms with Crippen LogP contribution < -0.4 is 5.73 Å². The number of Topliss-reactive ketones (excluding diaryl/α,β-unsaturated/α-hetero) is 1. The normalized spacial score (nSPS) is 12.0. The van der Waals surface area contributed by atoms with Gasteiger partial charge in [0, 0.05) is 0 Å². The van der Waals surface area contributed by atoms with E-state index in [1.54, 1.807) is 13.0 Å². The number of hydrogen-bond acceptors (Lipinski definition) is 4. The van der Waals surface area contributed by atoms with E-state index in [0.29, 0.717) is 6.42 Å². The van der Waals surface area contributed by atoms with Crippen LogP contribution in [-0.4, -0.2) is 24.4 Å². The smallest absolute Gasteiger partial charge is 0.341 e. The molecule has 0 fully saturated rings. The summed E-state index contributed by atoms with van der Waals surface area (Å²) in [6.45, 7) is 1.39. The maximum atomic E-state index is 11.7. The van der Waals surface area contributed by atoms with E-state index in [1.165, 1.54) is 12.1 Å². The summed E-state index contributed by atoms with van der Waals surface area (Å²) in [4.78, 5) is 23.1. The molecule has 2 N–H and O–H groups in total. The first-order valence-electron chi connectivity index (χ1n) is 5.36. The number of ketones is 1. The highest BCUT2D eigenvalue weighted by atomic mass is 35.5. The van der Waals surface area contributed by atoms with E-state index in [1.807, 2.05) is 0 Å². The molecule has 0 aliphatic carbocycles. The number of hydrogen-bond donors (Lipinski definition) is 1. The van der Waals surface area contributed by atoms with Crippen molar-refractivity contribution >= 4 is 35.0 Å². The van der Waals surface area contributed by atoms with Crippen LogP contribution >= 0.6 is 23.2 Å². The molecule has 0 spiro atoms. The molecule has 0 saturated carbocycles. The summed E-state index contributed by atoms with van der Waals surface area (Å²) in [6, 6.07) is 4.02. The van der Waals surface area contributed by atoms with Gasteiger partial charge in [-0.25, -0.2) is 4.79 Å². The van der Waals surface area contributed by atoms with E-state index < -0.39 is 12.0 Å². The molecule has 0 aromatic heterocycles. The van der Waals surface area contributed by atoms with Crippen molar-refractivity contribution < 1.29 is 14.3 Å². The minimum Gasteiger partial charge on any atom is -0.454 e. The van der Waals surface area contributed by atoms with E-state index in [2.05, 4.69) is 0 Å². The lowest BCUT2D eigenvalue weighted by atomic mass is 10.1. The average Bonchev–Trinajstić information content (AvgIpc) is 2.34. The van der Waals surface area contributed by atoms with Crippen molar-refractivity contribution in [3.8, 4) is 0 Å². The highest BCUT2D eigenvalue weighted by Gasteiger charge is 2.19. The lowest BCUT2D eigenvalue weighted by Crippen LogP contribution is -2.33. The summed E-state index contributed by atoms with van der Waals surface area (Å²) in [6.07, 6.45) is 0.489. The second-order valence-electron chi connectivity index (χ2n) is 3.65. The molecule has 1 aromatic rings. The summed E-state index contributed by atoms with van der Waals surface area (Å²) >= 11 is 11.7. The first-order chi connectivity index (χ1) is 8.47. The zero-order valence-electron chi connectivity index (χ0n) is 9.78. The number of carbonyl (C=O) groups is 2. The minimum absolute atomic E-state index is 0.0544. The van der Waals surface area contributed by atoms with Crippen molar-refractivity contribution in [1.82, 2.24) is 0 Å². The van der Waals surface area contributed by atoms with E-state index in [-0.39, 0.29) is 28.0 Å². The standard InChI is InChI=1S/C12H13Cl2NO3/c1-2-9(15)10(16)6-18-12(17)11-7(13)4-3-5-8(11)14/h3-5,9H,2,6,15H2,1H3/t9-/m0/s1. The molecule has 1 rings (SSSR count). The van der Waals surface area contributed by atoms with Crippen LogP contribution in [-0.2, 0) is 9.53 Å². The third-order valence-corrected chi connectivity index (χ3v) is 3.00. The molecule has 0 unspecified atom stereocenters. The van der Waals surface area contributed by atoms with Crippen molar-refractivity contribution in [2.45, 2.75) is 19.4 Å². The predicted molar refractivity (Wildman–Crippen MR) is 70.0 cm³/mol. The van der Waals surface area contributed by atoms with Crippen molar-refractivity contribution in [2.24, 2.45) is 5.73 Å². The molecule has 0 amide bonds. The molecule has 6 heteroatoms. The number of carbonyl (C=O) groups excluding carboxylic acids is 2. The van der Waals surface area contributed by atoms with E-state index >= 15 is 0 Å². The van der Waals surface area contributed by atoms with Gasteiger partial charge in [-0.3, -0.25) is 4.79 Å². The molecule has 0 radical (unpaired) electrons. The molecule has 0 bridgehead atoms. The Morgan fingerprint density at radius 3 is 2.39 bits per heavy atom. The SMILES string of the molecule is CC[C@H](N)C(=O)COC(=O)c1c(Cl)cccc1Cl. The van der Waals surface area contributed by atoms with Crippen LogP contribution in [0.25, 0.3) is 0 Å². The first kappa shape index (κ1) is 15.0. The number of nitrogens with two attached hydrogens (primary N) is 1. The number of benzene rings is 1. The molecule has 4 nitrogen and oxygen atoms in total. The highest BCUT2D eigenvalue weighted by molar-refractivity contribution is 6.39. The van der Waals surface area contributed by atoms with Crippen molar-refractivity contribution in [3.63, 3.8) is 0 Å². The number of halogens is 2. The molecular formula is C12H13Cl2NO3. The summed E-state index contributed by atoms with van der Waals surface area (Å²) in [5.41, 5.74) is 5.56. The summed E-state index contributed by atoms with van der Waals surface area (Å²) in [7, 11) is 0. The third-order valence-electron chi connectivity index (χ3n) is 2.37. The maximum absolute atomic E-state index is 11.7. The topological polar surface area (TPSA) is 69.4 Å². The Morgan fingerprint density at radius 2 is 1.89 bits per heavy atom. The molecule has 1 atom stereocenters. The van der Waals surface area contributed by atoms with Gasteiger partial charge in [0.25, 0.3) is 0 Å². The van der Waals surface area contributed by atoms with Gasteiger partial charge in [0.15, 0.2) is 12.4 Å². The maximum Gasteiger partial charge on any atom is 0.341 e. The second-order valence-corrected chi connectivity index (χ2v) is 4.47. The lowest BCUT2D eigenvalue weighted by Gasteiger charge is -2.09. The van der Waals surface area contributed by atoms with Crippen LogP contribution in [0.4, 0.5) is 0 Å². The van der Waals surface area contributed by atoms with Crippen LogP contribution in [0.15, 0.2) is 18.2 Å². The zero-order valence-corrected chi connectivity index (χ0v) is 11.3. The van der Waals surface area contributed by atoms with Crippen molar-refractivity contribution in [3.05, 3.63) is 33.8 Å². The fourth-order valence-electron chi connectivity index (χ4n) is 1.24. The molecule has 98 valence electrons. The van der Waals surface area contributed by atoms with Gasteiger partial charge in [-0.15, -0.1) is 0 Å². The first-order valence-corrected chi connectivity index (χ1v) is 6.12. The van der Waals surface area contributed by atoms with Crippen LogP contribution in [0.3, 0.4) is 0 Å². The van der Waals surface area contributed by atoms with Gasteiger partial charge in [0.05, 0.1) is 21.7 Å². The number of rotatable bonds is 5. The van der Waals surface area contributed by atoms with Gasteiger partial charge in [-0.05, 0) is 18.6 Å². The predicted octanol–water partition coefficient (Wildman–Crippen LogP) is 2.46. The van der Waals surface area contributed by atoms with E-state index in [9.17, 15) is 9.59 Å². The molecule has 18 heavy (non-hydrogen) atoms. The Kier molecular flexibility index (Phi) is 5.59. The second kappa shape index (κ2) is 6.73. The third kappa shape index (κ3) is 3.70. The highest BCUT2D eigenvalue weighted by Crippen LogP contribution is 2.24. The minimum atomic E-state index is -0.734. The van der Waals surface area contributed by atoms with E-state index in [4.69, 9.17) is 33.7 Å².